The van der Waals surface area contributed by atoms with Gasteiger partial charge in [0, 0.05) is 69.3 Å². The summed E-state index contributed by atoms with van der Waals surface area (Å²) < 4.78 is 7.50. The van der Waals surface area contributed by atoms with Crippen molar-refractivity contribution in [2.45, 2.75) is 19.3 Å². The molecule has 64 heavy (non-hydrogen) atoms. The molecule has 0 saturated carbocycles. The van der Waals surface area contributed by atoms with Gasteiger partial charge in [-0.1, -0.05) is 172 Å². The van der Waals surface area contributed by atoms with Crippen molar-refractivity contribution < 1.29 is 0 Å². The van der Waals surface area contributed by atoms with Crippen LogP contribution in [-0.2, 0) is 5.41 Å². The molecule has 1 aliphatic carbocycles. The highest BCUT2D eigenvalue weighted by molar-refractivity contribution is 7.26. The van der Waals surface area contributed by atoms with Gasteiger partial charge in [0.15, 0.2) is 0 Å². The molecule has 0 unspecified atom stereocenters. The van der Waals surface area contributed by atoms with E-state index in [-0.39, 0.29) is 5.41 Å². The van der Waals surface area contributed by atoms with E-state index in [1.165, 1.54) is 86.1 Å². The summed E-state index contributed by atoms with van der Waals surface area (Å²) >= 11 is 1.87. The van der Waals surface area contributed by atoms with Gasteiger partial charge < -0.3 is 4.57 Å². The Bertz CT molecular complexity index is 4090. The van der Waals surface area contributed by atoms with Crippen LogP contribution in [0.5, 0.6) is 0 Å². The van der Waals surface area contributed by atoms with Gasteiger partial charge in [-0.3, -0.25) is 4.57 Å². The fourth-order valence-corrected chi connectivity index (χ4v) is 12.4. The highest BCUT2D eigenvalue weighted by Crippen LogP contribution is 2.58. The van der Waals surface area contributed by atoms with Crippen molar-refractivity contribution in [3.63, 3.8) is 0 Å². The molecule has 0 radical (unpaired) electrons. The molecule has 0 N–H and O–H groups in total. The Labute approximate surface area is 372 Å². The summed E-state index contributed by atoms with van der Waals surface area (Å²) in [6, 6.07) is 70.6. The van der Waals surface area contributed by atoms with Crippen LogP contribution in [0.2, 0.25) is 0 Å². The Balaban J connectivity index is 1.09. The van der Waals surface area contributed by atoms with Gasteiger partial charge in [0.25, 0.3) is 0 Å². The summed E-state index contributed by atoms with van der Waals surface area (Å²) in [6.45, 7) is 4.81. The standard InChI is InChI=1S/C59H38N4S/c1-59(2)45-26-11-6-20-41(45)50-53(59)51-43-22-8-14-29-48(43)63(56(51)52-44-23-9-13-28-47(44)62(55(50)52)37-17-4-3-5-18-37)58-60-46-27-12-7-21-42(46)54(61-58)36-33-31-35(32-34-36)38-24-16-25-40-39-19-10-15-30-49(39)64-57(38)40/h3-34H,1-2H3. The molecule has 0 atom stereocenters. The van der Waals surface area contributed by atoms with E-state index in [2.05, 4.69) is 217 Å². The maximum absolute atomic E-state index is 5.66. The van der Waals surface area contributed by atoms with E-state index in [1.54, 1.807) is 0 Å². The van der Waals surface area contributed by atoms with E-state index >= 15 is 0 Å². The number of hydrogen-bond donors (Lipinski definition) is 0. The molecule has 0 spiro atoms. The lowest BCUT2D eigenvalue weighted by Crippen LogP contribution is -2.15. The molecule has 1 aliphatic rings. The Morgan fingerprint density at radius 2 is 1.06 bits per heavy atom. The first-order valence-electron chi connectivity index (χ1n) is 22.0. The average Bonchev–Trinajstić information content (AvgIpc) is 4.07. The van der Waals surface area contributed by atoms with Gasteiger partial charge in [-0.25, -0.2) is 9.97 Å². The maximum atomic E-state index is 5.66. The third kappa shape index (κ3) is 4.76. The van der Waals surface area contributed by atoms with Crippen LogP contribution in [0, 0.1) is 0 Å². The minimum atomic E-state index is -0.289. The molecule has 4 aromatic heterocycles. The zero-order valence-electron chi connectivity index (χ0n) is 35.2. The highest BCUT2D eigenvalue weighted by atomic mass is 32.1. The molecule has 0 saturated heterocycles. The normalized spacial score (nSPS) is 13.3. The van der Waals surface area contributed by atoms with E-state index in [9.17, 15) is 0 Å². The first kappa shape index (κ1) is 35.7. The van der Waals surface area contributed by atoms with E-state index in [1.807, 2.05) is 11.3 Å². The molecule has 0 aliphatic heterocycles. The van der Waals surface area contributed by atoms with Gasteiger partial charge in [0.2, 0.25) is 5.95 Å². The van der Waals surface area contributed by atoms with Crippen LogP contribution in [-0.4, -0.2) is 19.1 Å². The number of rotatable bonds is 4. The summed E-state index contributed by atoms with van der Waals surface area (Å²) in [4.78, 5) is 11.2. The smallest absolute Gasteiger partial charge is 0.235 e. The third-order valence-electron chi connectivity index (χ3n) is 13.9. The zero-order valence-corrected chi connectivity index (χ0v) is 36.0. The predicted octanol–water partition coefficient (Wildman–Crippen LogP) is 15.8. The van der Waals surface area contributed by atoms with Crippen molar-refractivity contribution in [2.75, 3.05) is 0 Å². The quantitative estimate of drug-likeness (QED) is 0.177. The Hall–Kier alpha value is -7.86. The molecule has 14 rings (SSSR count). The summed E-state index contributed by atoms with van der Waals surface area (Å²) in [7, 11) is 0. The highest BCUT2D eigenvalue weighted by Gasteiger charge is 2.41. The van der Waals surface area contributed by atoms with Crippen molar-refractivity contribution in [1.29, 1.82) is 0 Å². The number of nitrogens with zero attached hydrogens (tertiary/aromatic N) is 4. The van der Waals surface area contributed by atoms with Crippen molar-refractivity contribution in [3.8, 4) is 45.1 Å². The van der Waals surface area contributed by atoms with E-state index in [4.69, 9.17) is 9.97 Å². The summed E-state index contributed by atoms with van der Waals surface area (Å²) in [5, 5.41) is 8.50. The van der Waals surface area contributed by atoms with E-state index < -0.39 is 0 Å². The van der Waals surface area contributed by atoms with Gasteiger partial charge in [-0.2, -0.15) is 0 Å². The van der Waals surface area contributed by atoms with Crippen molar-refractivity contribution in [3.05, 3.63) is 205 Å². The molecular weight excluding hydrogens is 797 g/mol. The van der Waals surface area contributed by atoms with Crippen LogP contribution in [0.4, 0.5) is 0 Å². The minimum absolute atomic E-state index is 0.289. The van der Waals surface area contributed by atoms with E-state index in [0.717, 1.165) is 38.9 Å². The molecular formula is C59H38N4S. The Morgan fingerprint density at radius 1 is 0.453 bits per heavy atom. The number of fused-ring (bicyclic) bond motifs is 16. The molecule has 4 nitrogen and oxygen atoms in total. The van der Waals surface area contributed by atoms with Crippen LogP contribution in [0.25, 0.3) is 120 Å². The average molecular weight is 835 g/mol. The Kier molecular flexibility index (Phi) is 7.30. The summed E-state index contributed by atoms with van der Waals surface area (Å²) in [5.74, 6) is 0.658. The third-order valence-corrected chi connectivity index (χ3v) is 15.1. The lowest BCUT2D eigenvalue weighted by molar-refractivity contribution is 0.667. The topological polar surface area (TPSA) is 35.6 Å². The fraction of sp³-hybridized carbons (Fsp3) is 0.0508. The predicted molar refractivity (Wildman–Crippen MR) is 270 cm³/mol. The molecule has 5 heteroatoms. The molecule has 9 aromatic carbocycles. The molecule has 0 fully saturated rings. The van der Waals surface area contributed by atoms with Crippen molar-refractivity contribution >= 4 is 86.0 Å². The summed E-state index contributed by atoms with van der Waals surface area (Å²) in [5.41, 5.74) is 16.0. The molecule has 4 heterocycles. The lowest BCUT2D eigenvalue weighted by atomic mass is 9.80. The lowest BCUT2D eigenvalue weighted by Gasteiger charge is -2.23. The molecule has 0 bridgehead atoms. The minimum Gasteiger partial charge on any atom is -0.309 e. The number of para-hydroxylation sites is 4. The maximum Gasteiger partial charge on any atom is 0.235 e. The van der Waals surface area contributed by atoms with Crippen LogP contribution in [0.15, 0.2) is 194 Å². The van der Waals surface area contributed by atoms with E-state index in [0.29, 0.717) is 5.95 Å². The van der Waals surface area contributed by atoms with Gasteiger partial charge in [-0.05, 0) is 64.2 Å². The van der Waals surface area contributed by atoms with Crippen LogP contribution < -0.4 is 0 Å². The second-order valence-electron chi connectivity index (χ2n) is 17.7. The van der Waals surface area contributed by atoms with Gasteiger partial charge in [-0.15, -0.1) is 11.3 Å². The first-order valence-corrected chi connectivity index (χ1v) is 22.8. The van der Waals surface area contributed by atoms with Gasteiger partial charge in [0.05, 0.1) is 33.3 Å². The van der Waals surface area contributed by atoms with Crippen LogP contribution >= 0.6 is 11.3 Å². The van der Waals surface area contributed by atoms with Crippen molar-refractivity contribution in [2.24, 2.45) is 0 Å². The van der Waals surface area contributed by atoms with Crippen LogP contribution in [0.3, 0.4) is 0 Å². The number of benzene rings is 9. The SMILES string of the molecule is CC1(C)c2ccccc2-c2c1c1c3ccccc3n(-c3nc(-c4ccc(-c5cccc6c5sc5ccccc56)cc4)c4ccccc4n3)c1c1c3ccccc3n(-c3ccccc3)c21. The largest absolute Gasteiger partial charge is 0.309 e. The zero-order chi connectivity index (χ0) is 42.3. The van der Waals surface area contributed by atoms with Crippen molar-refractivity contribution in [1.82, 2.24) is 19.1 Å². The molecule has 13 aromatic rings. The second-order valence-corrected chi connectivity index (χ2v) is 18.7. The first-order chi connectivity index (χ1) is 31.5. The fourth-order valence-electron chi connectivity index (χ4n) is 11.2. The summed E-state index contributed by atoms with van der Waals surface area (Å²) in [6.07, 6.45) is 0. The second kappa shape index (κ2) is 13.1. The molecule has 300 valence electrons. The monoisotopic (exact) mass is 834 g/mol. The Morgan fingerprint density at radius 3 is 1.88 bits per heavy atom. The van der Waals surface area contributed by atoms with Gasteiger partial charge in [0.1, 0.15) is 0 Å². The number of aromatic nitrogens is 4. The van der Waals surface area contributed by atoms with Crippen LogP contribution in [0.1, 0.15) is 25.0 Å². The number of thiophene rings is 1. The van der Waals surface area contributed by atoms with Gasteiger partial charge >= 0.3 is 0 Å². The number of hydrogen-bond acceptors (Lipinski definition) is 3. The molecule has 0 amide bonds.